The lowest BCUT2D eigenvalue weighted by molar-refractivity contribution is 0.347. The smallest absolute Gasteiger partial charge is 0.169 e. The maximum absolute atomic E-state index is 5.49. The zero-order valence-electron chi connectivity index (χ0n) is 13.2. The standard InChI is InChI=1S/C16H24N2O2S/c1-11(2)9-17-16(21)18-6-5-12-7-14(19-3)15(20-4)8-13(12)10-18/h7-8,11H,5-6,9-10H2,1-4H3,(H,17,21). The van der Waals surface area contributed by atoms with Crippen LogP contribution in [0.1, 0.15) is 25.0 Å². The fraction of sp³-hybridized carbons (Fsp3) is 0.562. The van der Waals surface area contributed by atoms with Crippen LogP contribution in [0.4, 0.5) is 0 Å². The Bertz CT molecular complexity index is 517. The number of ether oxygens (including phenoxy) is 2. The number of thiocarbonyl (C=S) groups is 1. The Balaban J connectivity index is 2.11. The Morgan fingerprint density at radius 3 is 2.43 bits per heavy atom. The van der Waals surface area contributed by atoms with Gasteiger partial charge in [-0.05, 0) is 47.8 Å². The minimum Gasteiger partial charge on any atom is -0.493 e. The lowest BCUT2D eigenvalue weighted by atomic mass is 9.99. The predicted octanol–water partition coefficient (Wildman–Crippen LogP) is 2.59. The van der Waals surface area contributed by atoms with Gasteiger partial charge in [0.25, 0.3) is 0 Å². The molecule has 1 aromatic rings. The topological polar surface area (TPSA) is 33.7 Å². The second-order valence-corrected chi connectivity index (χ2v) is 6.11. The summed E-state index contributed by atoms with van der Waals surface area (Å²) in [5.74, 6) is 2.16. The molecule has 0 unspecified atom stereocenters. The highest BCUT2D eigenvalue weighted by Gasteiger charge is 2.21. The molecule has 0 radical (unpaired) electrons. The SMILES string of the molecule is COc1cc2c(cc1OC)CN(C(=S)NCC(C)C)CC2. The molecule has 1 aliphatic heterocycles. The van der Waals surface area contributed by atoms with E-state index in [1.165, 1.54) is 11.1 Å². The summed E-state index contributed by atoms with van der Waals surface area (Å²) < 4.78 is 10.7. The molecule has 0 aliphatic carbocycles. The fourth-order valence-corrected chi connectivity index (χ4v) is 2.70. The van der Waals surface area contributed by atoms with Crippen LogP contribution < -0.4 is 14.8 Å². The Kier molecular flexibility index (Phi) is 5.28. The van der Waals surface area contributed by atoms with Crippen LogP contribution in [0.15, 0.2) is 12.1 Å². The van der Waals surface area contributed by atoms with Crippen LogP contribution in [-0.4, -0.2) is 37.3 Å². The maximum Gasteiger partial charge on any atom is 0.169 e. The van der Waals surface area contributed by atoms with Crippen LogP contribution in [0.5, 0.6) is 11.5 Å². The van der Waals surface area contributed by atoms with Crippen molar-refractivity contribution in [3.05, 3.63) is 23.3 Å². The molecule has 1 aromatic carbocycles. The third-order valence-electron chi connectivity index (χ3n) is 3.67. The van der Waals surface area contributed by atoms with Gasteiger partial charge in [-0.3, -0.25) is 0 Å². The summed E-state index contributed by atoms with van der Waals surface area (Å²) in [6, 6.07) is 4.14. The molecule has 0 fully saturated rings. The molecular weight excluding hydrogens is 284 g/mol. The van der Waals surface area contributed by atoms with Crippen molar-refractivity contribution >= 4 is 17.3 Å². The van der Waals surface area contributed by atoms with Crippen molar-refractivity contribution in [3.8, 4) is 11.5 Å². The van der Waals surface area contributed by atoms with Gasteiger partial charge in [0.15, 0.2) is 16.6 Å². The lowest BCUT2D eigenvalue weighted by Crippen LogP contribution is -2.43. The van der Waals surface area contributed by atoms with E-state index in [1.807, 2.05) is 0 Å². The molecule has 0 bridgehead atoms. The summed E-state index contributed by atoms with van der Waals surface area (Å²) in [5, 5.41) is 4.17. The fourth-order valence-electron chi connectivity index (χ4n) is 2.46. The van der Waals surface area contributed by atoms with Gasteiger partial charge >= 0.3 is 0 Å². The molecule has 0 atom stereocenters. The Morgan fingerprint density at radius 1 is 1.24 bits per heavy atom. The van der Waals surface area contributed by atoms with Gasteiger partial charge in [0.2, 0.25) is 0 Å². The highest BCUT2D eigenvalue weighted by Crippen LogP contribution is 2.33. The minimum absolute atomic E-state index is 0.587. The monoisotopic (exact) mass is 308 g/mol. The van der Waals surface area contributed by atoms with Crippen molar-refractivity contribution < 1.29 is 9.47 Å². The van der Waals surface area contributed by atoms with Gasteiger partial charge in [0, 0.05) is 19.6 Å². The average Bonchev–Trinajstić information content (AvgIpc) is 2.50. The summed E-state index contributed by atoms with van der Waals surface area (Å²) in [4.78, 5) is 2.21. The second kappa shape index (κ2) is 6.98. The quantitative estimate of drug-likeness (QED) is 0.865. The van der Waals surface area contributed by atoms with E-state index < -0.39 is 0 Å². The third kappa shape index (κ3) is 3.79. The highest BCUT2D eigenvalue weighted by atomic mass is 32.1. The van der Waals surface area contributed by atoms with E-state index in [1.54, 1.807) is 14.2 Å². The average molecular weight is 308 g/mol. The number of methoxy groups -OCH3 is 2. The maximum atomic E-state index is 5.49. The van der Waals surface area contributed by atoms with Gasteiger partial charge in [-0.25, -0.2) is 0 Å². The van der Waals surface area contributed by atoms with E-state index in [4.69, 9.17) is 21.7 Å². The van der Waals surface area contributed by atoms with Gasteiger partial charge < -0.3 is 19.7 Å². The number of hydrogen-bond acceptors (Lipinski definition) is 3. The number of nitrogens with one attached hydrogen (secondary N) is 1. The normalized spacial score (nSPS) is 13.9. The molecule has 0 saturated heterocycles. The van der Waals surface area contributed by atoms with Gasteiger partial charge in [0.05, 0.1) is 14.2 Å². The largest absolute Gasteiger partial charge is 0.493 e. The van der Waals surface area contributed by atoms with Crippen molar-refractivity contribution in [1.82, 2.24) is 10.2 Å². The van der Waals surface area contributed by atoms with Crippen molar-refractivity contribution in [1.29, 1.82) is 0 Å². The Labute approximate surface area is 132 Å². The molecule has 1 N–H and O–H groups in total. The molecular formula is C16H24N2O2S. The van der Waals surface area contributed by atoms with E-state index in [2.05, 4.69) is 36.2 Å². The van der Waals surface area contributed by atoms with Gasteiger partial charge in [-0.1, -0.05) is 13.8 Å². The van der Waals surface area contributed by atoms with Crippen molar-refractivity contribution in [2.24, 2.45) is 5.92 Å². The summed E-state index contributed by atoms with van der Waals surface area (Å²) in [6.07, 6.45) is 0.971. The van der Waals surface area contributed by atoms with Gasteiger partial charge in [-0.15, -0.1) is 0 Å². The number of rotatable bonds is 4. The lowest BCUT2D eigenvalue weighted by Gasteiger charge is -2.32. The van der Waals surface area contributed by atoms with Crippen LogP contribution in [-0.2, 0) is 13.0 Å². The first kappa shape index (κ1) is 15.9. The number of fused-ring (bicyclic) bond motifs is 1. The first-order valence-electron chi connectivity index (χ1n) is 7.31. The Morgan fingerprint density at radius 2 is 1.86 bits per heavy atom. The molecule has 0 amide bonds. The first-order chi connectivity index (χ1) is 10.0. The van der Waals surface area contributed by atoms with E-state index in [-0.39, 0.29) is 0 Å². The molecule has 2 rings (SSSR count). The van der Waals surface area contributed by atoms with Crippen LogP contribution in [0.25, 0.3) is 0 Å². The predicted molar refractivity (Wildman–Crippen MR) is 89.1 cm³/mol. The molecule has 4 nitrogen and oxygen atoms in total. The van der Waals surface area contributed by atoms with E-state index in [9.17, 15) is 0 Å². The summed E-state index contributed by atoms with van der Waals surface area (Å²) in [5.41, 5.74) is 2.57. The third-order valence-corrected chi connectivity index (χ3v) is 4.07. The van der Waals surface area contributed by atoms with E-state index >= 15 is 0 Å². The van der Waals surface area contributed by atoms with Crippen molar-refractivity contribution in [2.45, 2.75) is 26.8 Å². The van der Waals surface area contributed by atoms with E-state index in [0.29, 0.717) is 5.92 Å². The summed E-state index contributed by atoms with van der Waals surface area (Å²) in [6.45, 7) is 7.02. The molecule has 1 aliphatic rings. The van der Waals surface area contributed by atoms with E-state index in [0.717, 1.165) is 42.7 Å². The zero-order chi connectivity index (χ0) is 15.4. The number of hydrogen-bond donors (Lipinski definition) is 1. The Hall–Kier alpha value is -1.49. The first-order valence-corrected chi connectivity index (χ1v) is 7.72. The van der Waals surface area contributed by atoms with Crippen molar-refractivity contribution in [3.63, 3.8) is 0 Å². The molecule has 116 valence electrons. The summed E-state index contributed by atoms with van der Waals surface area (Å²) >= 11 is 5.49. The van der Waals surface area contributed by atoms with Crippen LogP contribution in [0.3, 0.4) is 0 Å². The minimum atomic E-state index is 0.587. The van der Waals surface area contributed by atoms with Crippen LogP contribution in [0, 0.1) is 5.92 Å². The molecule has 21 heavy (non-hydrogen) atoms. The van der Waals surface area contributed by atoms with Crippen molar-refractivity contribution in [2.75, 3.05) is 27.3 Å². The number of benzene rings is 1. The van der Waals surface area contributed by atoms with Gasteiger partial charge in [-0.2, -0.15) is 0 Å². The molecule has 5 heteroatoms. The van der Waals surface area contributed by atoms with Crippen LogP contribution >= 0.6 is 12.2 Å². The summed E-state index contributed by atoms with van der Waals surface area (Å²) in [7, 11) is 3.34. The zero-order valence-corrected chi connectivity index (χ0v) is 14.0. The molecule has 0 saturated carbocycles. The van der Waals surface area contributed by atoms with Crippen LogP contribution in [0.2, 0.25) is 0 Å². The molecule has 1 heterocycles. The molecule has 0 spiro atoms. The number of nitrogens with zero attached hydrogens (tertiary/aromatic N) is 1. The second-order valence-electron chi connectivity index (χ2n) is 5.73. The molecule has 0 aromatic heterocycles. The highest BCUT2D eigenvalue weighted by molar-refractivity contribution is 7.80. The van der Waals surface area contributed by atoms with Gasteiger partial charge in [0.1, 0.15) is 0 Å².